The molecule has 0 N–H and O–H groups in total. The highest BCUT2D eigenvalue weighted by atomic mass is 19.1. The van der Waals surface area contributed by atoms with Crippen molar-refractivity contribution in [3.8, 4) is 11.1 Å². The molecule has 2 heterocycles. The molecule has 150 valence electrons. The van der Waals surface area contributed by atoms with Crippen molar-refractivity contribution in [2.45, 2.75) is 31.7 Å². The Hall–Kier alpha value is -2.54. The molecule has 6 nitrogen and oxygen atoms in total. The van der Waals surface area contributed by atoms with Crippen LogP contribution in [0.1, 0.15) is 37.4 Å². The van der Waals surface area contributed by atoms with Crippen LogP contribution in [0.4, 0.5) is 10.3 Å². The standard InChI is InChI=1S/C21H27FN4O2/c1-25(2)21-23-14-17(15-7-6-8-16(22)13-15)20(24-21)18-9-4-5-11-26(18)19(27)10-12-28-3/h6-8,13-14,18H,4-5,9-12H2,1-3H3. The van der Waals surface area contributed by atoms with Gasteiger partial charge in [-0.3, -0.25) is 4.79 Å². The van der Waals surface area contributed by atoms with E-state index in [1.54, 1.807) is 19.4 Å². The van der Waals surface area contributed by atoms with E-state index in [1.807, 2.05) is 30.0 Å². The first-order chi connectivity index (χ1) is 13.5. The zero-order valence-electron chi connectivity index (χ0n) is 16.7. The summed E-state index contributed by atoms with van der Waals surface area (Å²) in [4.78, 5) is 25.7. The van der Waals surface area contributed by atoms with Gasteiger partial charge in [0.2, 0.25) is 11.9 Å². The third-order valence-corrected chi connectivity index (χ3v) is 5.00. The van der Waals surface area contributed by atoms with Gasteiger partial charge in [0.25, 0.3) is 0 Å². The molecular formula is C21H27FN4O2. The van der Waals surface area contributed by atoms with Crippen LogP contribution in [0.5, 0.6) is 0 Å². The van der Waals surface area contributed by atoms with Crippen molar-refractivity contribution < 1.29 is 13.9 Å². The Morgan fingerprint density at radius 2 is 2.18 bits per heavy atom. The fourth-order valence-corrected chi connectivity index (χ4v) is 3.58. The van der Waals surface area contributed by atoms with Crippen molar-refractivity contribution >= 4 is 11.9 Å². The molecule has 0 saturated carbocycles. The number of carbonyl (C=O) groups excluding carboxylic acids is 1. The van der Waals surface area contributed by atoms with E-state index in [2.05, 4.69) is 4.98 Å². The number of methoxy groups -OCH3 is 1. The molecule has 1 unspecified atom stereocenters. The Balaban J connectivity index is 2.05. The van der Waals surface area contributed by atoms with Crippen molar-refractivity contribution in [3.05, 3.63) is 42.0 Å². The Morgan fingerprint density at radius 3 is 2.89 bits per heavy atom. The van der Waals surface area contributed by atoms with Crippen LogP contribution < -0.4 is 4.90 Å². The van der Waals surface area contributed by atoms with E-state index in [0.717, 1.165) is 36.1 Å². The lowest BCUT2D eigenvalue weighted by molar-refractivity contribution is -0.136. The number of ether oxygens (including phenoxy) is 1. The van der Waals surface area contributed by atoms with E-state index in [9.17, 15) is 9.18 Å². The van der Waals surface area contributed by atoms with Gasteiger partial charge < -0.3 is 14.5 Å². The lowest BCUT2D eigenvalue weighted by Gasteiger charge is -2.36. The second-order valence-electron chi connectivity index (χ2n) is 7.22. The molecule has 1 amide bonds. The number of anilines is 1. The van der Waals surface area contributed by atoms with E-state index in [0.29, 0.717) is 25.5 Å². The molecule has 28 heavy (non-hydrogen) atoms. The van der Waals surface area contributed by atoms with E-state index < -0.39 is 0 Å². The molecule has 1 aromatic carbocycles. The minimum Gasteiger partial charge on any atom is -0.384 e. The Bertz CT molecular complexity index is 828. The molecule has 0 radical (unpaired) electrons. The number of rotatable bonds is 6. The van der Waals surface area contributed by atoms with Gasteiger partial charge in [-0.1, -0.05) is 12.1 Å². The smallest absolute Gasteiger partial charge is 0.225 e. The summed E-state index contributed by atoms with van der Waals surface area (Å²) in [6.45, 7) is 1.09. The minimum absolute atomic E-state index is 0.0572. The summed E-state index contributed by atoms with van der Waals surface area (Å²) >= 11 is 0. The SMILES string of the molecule is COCCC(=O)N1CCCCC1c1nc(N(C)C)ncc1-c1cccc(F)c1. The predicted molar refractivity (Wildman–Crippen MR) is 107 cm³/mol. The number of nitrogens with zero attached hydrogens (tertiary/aromatic N) is 4. The van der Waals surface area contributed by atoms with Gasteiger partial charge in [0.1, 0.15) is 5.82 Å². The van der Waals surface area contributed by atoms with Crippen molar-refractivity contribution in [3.63, 3.8) is 0 Å². The average Bonchev–Trinajstić information content (AvgIpc) is 2.71. The summed E-state index contributed by atoms with van der Waals surface area (Å²) < 4.78 is 18.9. The van der Waals surface area contributed by atoms with Crippen molar-refractivity contribution in [2.24, 2.45) is 0 Å². The molecule has 1 aliphatic heterocycles. The van der Waals surface area contributed by atoms with E-state index >= 15 is 0 Å². The third-order valence-electron chi connectivity index (χ3n) is 5.00. The van der Waals surface area contributed by atoms with Crippen LogP contribution in [0.3, 0.4) is 0 Å². The number of likely N-dealkylation sites (tertiary alicyclic amines) is 1. The van der Waals surface area contributed by atoms with Gasteiger partial charge in [-0.15, -0.1) is 0 Å². The van der Waals surface area contributed by atoms with Gasteiger partial charge in [-0.05, 0) is 37.0 Å². The van der Waals surface area contributed by atoms with Crippen molar-refractivity contribution in [1.82, 2.24) is 14.9 Å². The zero-order valence-corrected chi connectivity index (χ0v) is 16.7. The quantitative estimate of drug-likeness (QED) is 0.761. The number of carbonyl (C=O) groups is 1. The number of piperidine rings is 1. The summed E-state index contributed by atoms with van der Waals surface area (Å²) in [5.41, 5.74) is 2.26. The molecule has 0 bridgehead atoms. The lowest BCUT2D eigenvalue weighted by atomic mass is 9.93. The number of hydrogen-bond acceptors (Lipinski definition) is 5. The maximum Gasteiger partial charge on any atom is 0.225 e. The van der Waals surface area contributed by atoms with Crippen LogP contribution in [-0.2, 0) is 9.53 Å². The first-order valence-corrected chi connectivity index (χ1v) is 9.60. The van der Waals surface area contributed by atoms with Gasteiger partial charge >= 0.3 is 0 Å². The molecule has 1 fully saturated rings. The summed E-state index contributed by atoms with van der Waals surface area (Å²) in [7, 11) is 5.35. The Morgan fingerprint density at radius 1 is 1.36 bits per heavy atom. The number of hydrogen-bond donors (Lipinski definition) is 0. The summed E-state index contributed by atoms with van der Waals surface area (Å²) in [6, 6.07) is 6.27. The molecule has 1 saturated heterocycles. The van der Waals surface area contributed by atoms with E-state index in [1.165, 1.54) is 12.1 Å². The highest BCUT2D eigenvalue weighted by Gasteiger charge is 2.31. The molecule has 0 spiro atoms. The molecular weight excluding hydrogens is 359 g/mol. The highest BCUT2D eigenvalue weighted by Crippen LogP contribution is 2.36. The maximum absolute atomic E-state index is 13.9. The summed E-state index contributed by atoms with van der Waals surface area (Å²) in [6.07, 6.45) is 4.89. The second kappa shape index (κ2) is 9.10. The van der Waals surface area contributed by atoms with Crippen LogP contribution in [0.15, 0.2) is 30.5 Å². The predicted octanol–water partition coefficient (Wildman–Crippen LogP) is 3.44. The normalized spacial score (nSPS) is 16.9. The third kappa shape index (κ3) is 4.47. The molecule has 2 aromatic rings. The summed E-state index contributed by atoms with van der Waals surface area (Å²) in [5.74, 6) is 0.323. The zero-order chi connectivity index (χ0) is 20.1. The first-order valence-electron chi connectivity index (χ1n) is 9.60. The summed E-state index contributed by atoms with van der Waals surface area (Å²) in [5, 5.41) is 0. The number of benzene rings is 1. The van der Waals surface area contributed by atoms with Gasteiger partial charge in [0.15, 0.2) is 0 Å². The first kappa shape index (κ1) is 20.2. The average molecular weight is 386 g/mol. The monoisotopic (exact) mass is 386 g/mol. The van der Waals surface area contributed by atoms with Crippen LogP contribution in [0.2, 0.25) is 0 Å². The fraction of sp³-hybridized carbons (Fsp3) is 0.476. The molecule has 0 aliphatic carbocycles. The highest BCUT2D eigenvalue weighted by molar-refractivity contribution is 5.77. The molecule has 1 aromatic heterocycles. The molecule has 3 rings (SSSR count). The molecule has 7 heteroatoms. The van der Waals surface area contributed by atoms with E-state index in [-0.39, 0.29) is 17.8 Å². The van der Waals surface area contributed by atoms with Crippen molar-refractivity contribution in [1.29, 1.82) is 0 Å². The molecule has 1 aliphatic rings. The van der Waals surface area contributed by atoms with Crippen LogP contribution in [0, 0.1) is 5.82 Å². The number of amides is 1. The van der Waals surface area contributed by atoms with Crippen LogP contribution >= 0.6 is 0 Å². The van der Waals surface area contributed by atoms with Crippen LogP contribution in [0.25, 0.3) is 11.1 Å². The van der Waals surface area contributed by atoms with Crippen molar-refractivity contribution in [2.75, 3.05) is 39.3 Å². The van der Waals surface area contributed by atoms with Gasteiger partial charge in [-0.2, -0.15) is 0 Å². The number of aromatic nitrogens is 2. The van der Waals surface area contributed by atoms with Gasteiger partial charge in [0, 0.05) is 39.5 Å². The molecule has 1 atom stereocenters. The minimum atomic E-state index is -0.309. The number of halogens is 1. The Kier molecular flexibility index (Phi) is 6.57. The Labute approximate surface area is 165 Å². The van der Waals surface area contributed by atoms with Crippen LogP contribution in [-0.4, -0.2) is 55.1 Å². The fourth-order valence-electron chi connectivity index (χ4n) is 3.58. The lowest BCUT2D eigenvalue weighted by Crippen LogP contribution is -2.39. The van der Waals surface area contributed by atoms with Gasteiger partial charge in [-0.25, -0.2) is 14.4 Å². The van der Waals surface area contributed by atoms with E-state index in [4.69, 9.17) is 9.72 Å². The topological polar surface area (TPSA) is 58.6 Å². The second-order valence-corrected chi connectivity index (χ2v) is 7.22. The largest absolute Gasteiger partial charge is 0.384 e. The van der Waals surface area contributed by atoms with Gasteiger partial charge in [0.05, 0.1) is 24.8 Å². The maximum atomic E-state index is 13.9.